The fourth-order valence-electron chi connectivity index (χ4n) is 3.23. The zero-order chi connectivity index (χ0) is 17.1. The van der Waals surface area contributed by atoms with E-state index in [0.717, 1.165) is 43.9 Å². The lowest BCUT2D eigenvalue weighted by Crippen LogP contribution is -2.54. The second kappa shape index (κ2) is 7.19. The first kappa shape index (κ1) is 16.7. The van der Waals surface area contributed by atoms with Crippen LogP contribution in [0.1, 0.15) is 17.3 Å². The van der Waals surface area contributed by atoms with Crippen LogP contribution in [0.5, 0.6) is 0 Å². The summed E-state index contributed by atoms with van der Waals surface area (Å²) in [7, 11) is 3.59. The molecule has 1 atom stereocenters. The van der Waals surface area contributed by atoms with Crippen molar-refractivity contribution in [2.75, 3.05) is 39.9 Å². The summed E-state index contributed by atoms with van der Waals surface area (Å²) in [6, 6.07) is 0.332. The number of H-pyrrole nitrogens is 1. The summed E-state index contributed by atoms with van der Waals surface area (Å²) in [6.07, 6.45) is 7.35. The molecule has 7 heteroatoms. The highest BCUT2D eigenvalue weighted by Crippen LogP contribution is 2.25. The summed E-state index contributed by atoms with van der Waals surface area (Å²) >= 11 is 0. The molecular formula is C17H25N5O2. The van der Waals surface area contributed by atoms with Gasteiger partial charge in [0.05, 0.1) is 18.4 Å². The highest BCUT2D eigenvalue weighted by Gasteiger charge is 2.28. The quantitative estimate of drug-likeness (QED) is 0.894. The van der Waals surface area contributed by atoms with Crippen LogP contribution in [0.3, 0.4) is 0 Å². The van der Waals surface area contributed by atoms with E-state index in [0.29, 0.717) is 11.6 Å². The van der Waals surface area contributed by atoms with Crippen LogP contribution in [0.15, 0.2) is 24.8 Å². The number of piperazine rings is 1. The average Bonchev–Trinajstić information content (AvgIpc) is 3.21. The lowest BCUT2D eigenvalue weighted by atomic mass is 10.1. The number of aryl methyl sites for hydroxylation is 1. The number of aromatic nitrogens is 3. The molecule has 1 unspecified atom stereocenters. The molecule has 1 saturated heterocycles. The normalized spacial score (nSPS) is 19.0. The first-order valence-electron chi connectivity index (χ1n) is 8.28. The zero-order valence-corrected chi connectivity index (χ0v) is 14.5. The van der Waals surface area contributed by atoms with Crippen molar-refractivity contribution in [1.82, 2.24) is 24.6 Å². The molecule has 130 valence electrons. The van der Waals surface area contributed by atoms with Crippen LogP contribution < -0.4 is 0 Å². The van der Waals surface area contributed by atoms with Crippen LogP contribution in [0.25, 0.3) is 11.1 Å². The Hall–Kier alpha value is -2.12. The predicted octanol–water partition coefficient (Wildman–Crippen LogP) is 1.21. The minimum atomic E-state index is 0.0772. The van der Waals surface area contributed by atoms with E-state index in [1.165, 1.54) is 0 Å². The Morgan fingerprint density at radius 3 is 2.92 bits per heavy atom. The number of methoxy groups -OCH3 is 1. The monoisotopic (exact) mass is 331 g/mol. The van der Waals surface area contributed by atoms with Gasteiger partial charge in [0.1, 0.15) is 0 Å². The highest BCUT2D eigenvalue weighted by atomic mass is 16.5. The molecule has 1 aliphatic rings. The van der Waals surface area contributed by atoms with Gasteiger partial charge >= 0.3 is 0 Å². The topological polar surface area (TPSA) is 66.4 Å². The standard InChI is InChI=1S/C17H25N5O2/c1-13-11-22(5-4-21(13)6-7-24-3)17(23)16-10-18-9-15(16)14-8-19-20(2)12-14/h8-10,12-13,18H,4-7,11H2,1-3H3. The van der Waals surface area contributed by atoms with E-state index < -0.39 is 0 Å². The van der Waals surface area contributed by atoms with Crippen molar-refractivity contribution in [1.29, 1.82) is 0 Å². The maximum absolute atomic E-state index is 13.0. The third-order valence-corrected chi connectivity index (χ3v) is 4.63. The Kier molecular flexibility index (Phi) is 5.01. The minimum absolute atomic E-state index is 0.0772. The molecule has 1 aliphatic heterocycles. The molecule has 0 radical (unpaired) electrons. The minimum Gasteiger partial charge on any atom is -0.383 e. The molecule has 0 spiro atoms. The van der Waals surface area contributed by atoms with Gasteiger partial charge in [-0.15, -0.1) is 0 Å². The van der Waals surface area contributed by atoms with Gasteiger partial charge in [0.2, 0.25) is 0 Å². The van der Waals surface area contributed by atoms with Gasteiger partial charge < -0.3 is 14.6 Å². The number of nitrogens with one attached hydrogen (secondary N) is 1. The first-order chi connectivity index (χ1) is 11.6. The molecule has 7 nitrogen and oxygen atoms in total. The maximum atomic E-state index is 13.0. The summed E-state index contributed by atoms with van der Waals surface area (Å²) in [6.45, 7) is 6.15. The number of ether oxygens (including phenoxy) is 1. The van der Waals surface area contributed by atoms with E-state index in [1.54, 1.807) is 24.2 Å². The highest BCUT2D eigenvalue weighted by molar-refractivity contribution is 6.00. The number of amides is 1. The van der Waals surface area contributed by atoms with Gasteiger partial charge in [-0.05, 0) is 6.92 Å². The van der Waals surface area contributed by atoms with Gasteiger partial charge in [-0.1, -0.05) is 0 Å². The van der Waals surface area contributed by atoms with Crippen LogP contribution in [0, 0.1) is 0 Å². The average molecular weight is 331 g/mol. The number of aromatic amines is 1. The molecule has 24 heavy (non-hydrogen) atoms. The number of hydrogen-bond donors (Lipinski definition) is 1. The Morgan fingerprint density at radius 2 is 2.25 bits per heavy atom. The third-order valence-electron chi connectivity index (χ3n) is 4.63. The summed E-state index contributed by atoms with van der Waals surface area (Å²) in [5.74, 6) is 0.0772. The van der Waals surface area contributed by atoms with E-state index in [1.807, 2.05) is 24.3 Å². The van der Waals surface area contributed by atoms with Crippen molar-refractivity contribution in [2.45, 2.75) is 13.0 Å². The molecule has 2 aromatic rings. The van der Waals surface area contributed by atoms with Crippen molar-refractivity contribution >= 4 is 5.91 Å². The Labute approximate surface area is 142 Å². The summed E-state index contributed by atoms with van der Waals surface area (Å²) in [5.41, 5.74) is 2.57. The number of carbonyl (C=O) groups excluding carboxylic acids is 1. The zero-order valence-electron chi connectivity index (χ0n) is 14.5. The largest absolute Gasteiger partial charge is 0.383 e. The lowest BCUT2D eigenvalue weighted by molar-refractivity contribution is 0.0435. The fourth-order valence-corrected chi connectivity index (χ4v) is 3.23. The summed E-state index contributed by atoms with van der Waals surface area (Å²) in [4.78, 5) is 20.3. The Balaban J connectivity index is 1.71. The Bertz CT molecular complexity index is 693. The molecule has 3 rings (SSSR count). The molecule has 0 aliphatic carbocycles. The lowest BCUT2D eigenvalue weighted by Gasteiger charge is -2.39. The maximum Gasteiger partial charge on any atom is 0.256 e. The van der Waals surface area contributed by atoms with Crippen molar-refractivity contribution in [3.8, 4) is 11.1 Å². The Morgan fingerprint density at radius 1 is 1.42 bits per heavy atom. The summed E-state index contributed by atoms with van der Waals surface area (Å²) in [5, 5.41) is 4.20. The van der Waals surface area contributed by atoms with Crippen LogP contribution in [0.2, 0.25) is 0 Å². The second-order valence-electron chi connectivity index (χ2n) is 6.31. The predicted molar refractivity (Wildman–Crippen MR) is 91.8 cm³/mol. The van der Waals surface area contributed by atoms with Crippen LogP contribution in [-0.4, -0.2) is 76.4 Å². The number of hydrogen-bond acceptors (Lipinski definition) is 4. The van der Waals surface area contributed by atoms with Crippen LogP contribution >= 0.6 is 0 Å². The third kappa shape index (κ3) is 3.37. The fraction of sp³-hybridized carbons (Fsp3) is 0.529. The van der Waals surface area contributed by atoms with E-state index in [2.05, 4.69) is 21.9 Å². The first-order valence-corrected chi connectivity index (χ1v) is 8.28. The van der Waals surface area contributed by atoms with Crippen molar-refractivity contribution in [3.63, 3.8) is 0 Å². The van der Waals surface area contributed by atoms with Gasteiger partial charge in [-0.25, -0.2) is 0 Å². The molecule has 2 aromatic heterocycles. The van der Waals surface area contributed by atoms with Crippen LogP contribution in [-0.2, 0) is 11.8 Å². The van der Waals surface area contributed by atoms with Gasteiger partial charge in [0.15, 0.2) is 0 Å². The van der Waals surface area contributed by atoms with E-state index >= 15 is 0 Å². The molecule has 0 bridgehead atoms. The van der Waals surface area contributed by atoms with Gasteiger partial charge in [0, 0.05) is 76.1 Å². The van der Waals surface area contributed by atoms with E-state index in [-0.39, 0.29) is 5.91 Å². The van der Waals surface area contributed by atoms with E-state index in [4.69, 9.17) is 4.74 Å². The molecule has 1 fully saturated rings. The summed E-state index contributed by atoms with van der Waals surface area (Å²) < 4.78 is 6.90. The van der Waals surface area contributed by atoms with Crippen molar-refractivity contribution in [3.05, 3.63) is 30.4 Å². The smallest absolute Gasteiger partial charge is 0.256 e. The van der Waals surface area contributed by atoms with Crippen molar-refractivity contribution < 1.29 is 9.53 Å². The molecule has 0 aromatic carbocycles. The molecule has 3 heterocycles. The molecule has 1 N–H and O–H groups in total. The van der Waals surface area contributed by atoms with Crippen LogP contribution in [0.4, 0.5) is 0 Å². The number of rotatable bonds is 5. The molecular weight excluding hydrogens is 306 g/mol. The number of nitrogens with zero attached hydrogens (tertiary/aromatic N) is 4. The molecule has 0 saturated carbocycles. The SMILES string of the molecule is COCCN1CCN(C(=O)c2c[nH]cc2-c2cnn(C)c2)CC1C. The van der Waals surface area contributed by atoms with Gasteiger partial charge in [-0.2, -0.15) is 5.10 Å². The second-order valence-corrected chi connectivity index (χ2v) is 6.31. The van der Waals surface area contributed by atoms with Gasteiger partial charge in [0.25, 0.3) is 5.91 Å². The molecule has 1 amide bonds. The number of carbonyl (C=O) groups is 1. The van der Waals surface area contributed by atoms with E-state index in [9.17, 15) is 4.79 Å². The van der Waals surface area contributed by atoms with Crippen molar-refractivity contribution in [2.24, 2.45) is 7.05 Å². The van der Waals surface area contributed by atoms with Gasteiger partial charge in [-0.3, -0.25) is 14.4 Å².